The van der Waals surface area contributed by atoms with E-state index in [1.54, 1.807) is 0 Å². The van der Waals surface area contributed by atoms with Gasteiger partial charge in [-0.15, -0.1) is 0 Å². The van der Waals surface area contributed by atoms with Gasteiger partial charge in [-0.25, -0.2) is 0 Å². The van der Waals surface area contributed by atoms with Gasteiger partial charge in [-0.2, -0.15) is 0 Å². The summed E-state index contributed by atoms with van der Waals surface area (Å²) in [6.45, 7) is 4.34. The second-order valence-electron chi connectivity index (χ2n) is 4.84. The van der Waals surface area contributed by atoms with Gasteiger partial charge in [0.25, 0.3) is 0 Å². The van der Waals surface area contributed by atoms with E-state index in [1.807, 2.05) is 25.1 Å². The summed E-state index contributed by atoms with van der Waals surface area (Å²) in [6, 6.07) is 7.98. The zero-order valence-electron chi connectivity index (χ0n) is 11.7. The highest BCUT2D eigenvalue weighted by atomic mass is 79.9. The number of ether oxygens (including phenoxy) is 1. The molecule has 0 aliphatic rings. The van der Waals surface area contributed by atoms with Gasteiger partial charge in [0, 0.05) is 16.6 Å². The first kappa shape index (κ1) is 15.1. The maximum absolute atomic E-state index is 6.04. The summed E-state index contributed by atoms with van der Waals surface area (Å²) >= 11 is 3.48. The molecule has 2 N–H and O–H groups in total. The summed E-state index contributed by atoms with van der Waals surface area (Å²) < 4.78 is 11.9. The molecular weight excluding hydrogens is 320 g/mol. The molecule has 0 amide bonds. The first-order valence-corrected chi connectivity index (χ1v) is 7.46. The molecule has 0 aliphatic heterocycles. The molecule has 0 spiro atoms. The number of rotatable bonds is 6. The lowest BCUT2D eigenvalue weighted by Gasteiger charge is -2.14. The van der Waals surface area contributed by atoms with Crippen LogP contribution in [0.5, 0.6) is 5.75 Å². The Morgan fingerprint density at radius 2 is 2.20 bits per heavy atom. The average molecular weight is 339 g/mol. The molecule has 1 aromatic carbocycles. The number of aromatic nitrogens is 1. The smallest absolute Gasteiger partial charge is 0.134 e. The van der Waals surface area contributed by atoms with E-state index in [0.717, 1.165) is 40.1 Å². The molecule has 1 heterocycles. The minimum Gasteiger partial charge on any atom is -0.487 e. The van der Waals surface area contributed by atoms with Crippen LogP contribution in [-0.2, 0) is 13.0 Å². The van der Waals surface area contributed by atoms with E-state index in [9.17, 15) is 0 Å². The van der Waals surface area contributed by atoms with E-state index in [-0.39, 0.29) is 6.04 Å². The second kappa shape index (κ2) is 6.90. The third-order valence-electron chi connectivity index (χ3n) is 3.08. The molecule has 0 saturated carbocycles. The largest absolute Gasteiger partial charge is 0.487 e. The Morgan fingerprint density at radius 1 is 1.40 bits per heavy atom. The van der Waals surface area contributed by atoms with Crippen molar-refractivity contribution in [2.24, 2.45) is 5.73 Å². The van der Waals surface area contributed by atoms with Crippen molar-refractivity contribution in [3.63, 3.8) is 0 Å². The van der Waals surface area contributed by atoms with Gasteiger partial charge in [0.05, 0.1) is 0 Å². The van der Waals surface area contributed by atoms with Crippen molar-refractivity contribution in [3.05, 3.63) is 45.8 Å². The van der Waals surface area contributed by atoms with Gasteiger partial charge in [-0.05, 0) is 43.5 Å². The molecule has 0 saturated heterocycles. The first-order chi connectivity index (χ1) is 9.58. The van der Waals surface area contributed by atoms with E-state index in [0.29, 0.717) is 6.61 Å². The lowest BCUT2D eigenvalue weighted by Crippen LogP contribution is -2.21. The van der Waals surface area contributed by atoms with Crippen molar-refractivity contribution in [1.29, 1.82) is 0 Å². The summed E-state index contributed by atoms with van der Waals surface area (Å²) in [5.74, 6) is 1.63. The van der Waals surface area contributed by atoms with Gasteiger partial charge in [0.1, 0.15) is 23.8 Å². The predicted molar refractivity (Wildman–Crippen MR) is 81.7 cm³/mol. The Labute approximate surface area is 127 Å². The lowest BCUT2D eigenvalue weighted by atomic mass is 10.0. The molecule has 1 atom stereocenters. The molecule has 20 heavy (non-hydrogen) atoms. The molecule has 2 rings (SSSR count). The Hall–Kier alpha value is -1.33. The molecule has 0 fully saturated rings. The number of nitrogens with zero attached hydrogens (tertiary/aromatic N) is 1. The quantitative estimate of drug-likeness (QED) is 0.873. The van der Waals surface area contributed by atoms with Gasteiger partial charge in [-0.1, -0.05) is 28.0 Å². The third kappa shape index (κ3) is 4.08. The minimum atomic E-state index is 0.140. The van der Waals surface area contributed by atoms with E-state index in [2.05, 4.69) is 34.1 Å². The molecular formula is C15H19BrN2O2. The Morgan fingerprint density at radius 3 is 2.85 bits per heavy atom. The fourth-order valence-corrected chi connectivity index (χ4v) is 2.32. The van der Waals surface area contributed by atoms with Gasteiger partial charge < -0.3 is 15.0 Å². The van der Waals surface area contributed by atoms with E-state index < -0.39 is 0 Å². The van der Waals surface area contributed by atoms with E-state index in [1.165, 1.54) is 0 Å². The molecule has 0 bridgehead atoms. The maximum atomic E-state index is 6.04. The number of halogens is 1. The van der Waals surface area contributed by atoms with E-state index in [4.69, 9.17) is 15.0 Å². The van der Waals surface area contributed by atoms with Gasteiger partial charge in [-0.3, -0.25) is 0 Å². The SMILES string of the molecule is CCC(N)Cc1cc(Br)ccc1OCc1cc(C)on1. The Balaban J connectivity index is 2.09. The summed E-state index contributed by atoms with van der Waals surface area (Å²) in [5, 5.41) is 3.92. The number of hydrogen-bond donors (Lipinski definition) is 1. The van der Waals surface area contributed by atoms with Crippen LogP contribution in [0.2, 0.25) is 0 Å². The van der Waals surface area contributed by atoms with Gasteiger partial charge in [0.15, 0.2) is 0 Å². The van der Waals surface area contributed by atoms with Crippen molar-refractivity contribution in [2.75, 3.05) is 0 Å². The fraction of sp³-hybridized carbons (Fsp3) is 0.400. The van der Waals surface area contributed by atoms with Crippen molar-refractivity contribution >= 4 is 15.9 Å². The molecule has 1 aromatic heterocycles. The maximum Gasteiger partial charge on any atom is 0.134 e. The van der Waals surface area contributed by atoms with Gasteiger partial charge in [0.2, 0.25) is 0 Å². The topological polar surface area (TPSA) is 61.3 Å². The Bertz CT molecular complexity index is 569. The Kier molecular flexibility index (Phi) is 5.20. The van der Waals surface area contributed by atoms with Crippen molar-refractivity contribution < 1.29 is 9.26 Å². The molecule has 2 aromatic rings. The summed E-state index contributed by atoms with van der Waals surface area (Å²) in [6.07, 6.45) is 1.73. The third-order valence-corrected chi connectivity index (χ3v) is 3.57. The number of aryl methyl sites for hydroxylation is 1. The second-order valence-corrected chi connectivity index (χ2v) is 5.76. The standard InChI is InChI=1S/C15H19BrN2O2/c1-3-13(17)8-11-7-12(16)4-5-15(11)19-9-14-6-10(2)20-18-14/h4-7,13H,3,8-9,17H2,1-2H3. The fourth-order valence-electron chi connectivity index (χ4n) is 1.91. The summed E-state index contributed by atoms with van der Waals surface area (Å²) in [5.41, 5.74) is 7.93. The number of hydrogen-bond acceptors (Lipinski definition) is 4. The first-order valence-electron chi connectivity index (χ1n) is 6.67. The predicted octanol–water partition coefficient (Wildman–Crippen LogP) is 3.60. The van der Waals surface area contributed by atoms with Crippen LogP contribution in [0.25, 0.3) is 0 Å². The number of nitrogens with two attached hydrogens (primary N) is 1. The van der Waals surface area contributed by atoms with Gasteiger partial charge >= 0.3 is 0 Å². The van der Waals surface area contributed by atoms with Crippen molar-refractivity contribution in [2.45, 2.75) is 39.3 Å². The molecule has 4 nitrogen and oxygen atoms in total. The number of benzene rings is 1. The van der Waals surface area contributed by atoms with Crippen LogP contribution in [0.15, 0.2) is 33.3 Å². The molecule has 0 aliphatic carbocycles. The van der Waals surface area contributed by atoms with Crippen LogP contribution >= 0.6 is 15.9 Å². The highest BCUT2D eigenvalue weighted by Gasteiger charge is 2.10. The van der Waals surface area contributed by atoms with Crippen LogP contribution in [0.4, 0.5) is 0 Å². The zero-order chi connectivity index (χ0) is 14.5. The molecule has 1 unspecified atom stereocenters. The van der Waals surface area contributed by atoms with Crippen LogP contribution < -0.4 is 10.5 Å². The summed E-state index contributed by atoms with van der Waals surface area (Å²) in [4.78, 5) is 0. The average Bonchev–Trinajstić information content (AvgIpc) is 2.83. The molecule has 5 heteroatoms. The zero-order valence-corrected chi connectivity index (χ0v) is 13.3. The van der Waals surface area contributed by atoms with Crippen LogP contribution in [0.1, 0.15) is 30.4 Å². The monoisotopic (exact) mass is 338 g/mol. The summed E-state index contributed by atoms with van der Waals surface area (Å²) in [7, 11) is 0. The van der Waals surface area contributed by atoms with Crippen LogP contribution in [0, 0.1) is 6.92 Å². The van der Waals surface area contributed by atoms with Crippen LogP contribution in [0.3, 0.4) is 0 Å². The van der Waals surface area contributed by atoms with Crippen molar-refractivity contribution in [3.8, 4) is 5.75 Å². The minimum absolute atomic E-state index is 0.140. The lowest BCUT2D eigenvalue weighted by molar-refractivity contribution is 0.284. The molecule has 0 radical (unpaired) electrons. The van der Waals surface area contributed by atoms with Crippen molar-refractivity contribution in [1.82, 2.24) is 5.16 Å². The van der Waals surface area contributed by atoms with E-state index >= 15 is 0 Å². The highest BCUT2D eigenvalue weighted by Crippen LogP contribution is 2.25. The van der Waals surface area contributed by atoms with Crippen LogP contribution in [-0.4, -0.2) is 11.2 Å². The molecule has 108 valence electrons. The highest BCUT2D eigenvalue weighted by molar-refractivity contribution is 9.10. The normalized spacial score (nSPS) is 12.4.